The van der Waals surface area contributed by atoms with Crippen LogP contribution in [0.4, 0.5) is 0 Å². The molecule has 0 radical (unpaired) electrons. The van der Waals surface area contributed by atoms with Crippen LogP contribution in [0.2, 0.25) is 0 Å². The fraction of sp³-hybridized carbons (Fsp3) is 0.263. The molecule has 0 amide bonds. The number of ether oxygens (including phenoxy) is 4. The van der Waals surface area contributed by atoms with Crippen LogP contribution in [0.15, 0.2) is 30.3 Å². The number of carbonyl (C=O) groups is 2. The van der Waals surface area contributed by atoms with E-state index in [2.05, 4.69) is 0 Å². The van der Waals surface area contributed by atoms with Gasteiger partial charge in [0.2, 0.25) is 5.75 Å². The number of esters is 1. The molecule has 0 saturated carbocycles. The largest absolute Gasteiger partial charge is 0.493 e. The molecule has 0 bridgehead atoms. The summed E-state index contributed by atoms with van der Waals surface area (Å²) in [6.45, 7) is 1.86. The van der Waals surface area contributed by atoms with Gasteiger partial charge in [0.05, 0.1) is 19.3 Å². The Hall–Kier alpha value is -3.22. The molecule has 0 aliphatic carbocycles. The summed E-state index contributed by atoms with van der Waals surface area (Å²) in [4.78, 5) is 22.6. The van der Waals surface area contributed by atoms with E-state index in [1.807, 2.05) is 13.0 Å². The van der Waals surface area contributed by atoms with Crippen LogP contribution in [-0.2, 0) is 16.1 Å². The number of fused-ring (bicyclic) bond motifs is 1. The highest BCUT2D eigenvalue weighted by Crippen LogP contribution is 2.45. The summed E-state index contributed by atoms with van der Waals surface area (Å²) in [5, 5.41) is 8.99. The molecule has 0 unspecified atom stereocenters. The summed E-state index contributed by atoms with van der Waals surface area (Å²) in [7, 11) is 1.50. The van der Waals surface area contributed by atoms with E-state index in [1.165, 1.54) is 7.11 Å². The lowest BCUT2D eigenvalue weighted by molar-refractivity contribution is -0.139. The van der Waals surface area contributed by atoms with Crippen LogP contribution >= 0.6 is 0 Å². The maximum Gasteiger partial charge on any atom is 0.341 e. The van der Waals surface area contributed by atoms with Gasteiger partial charge < -0.3 is 24.1 Å². The van der Waals surface area contributed by atoms with Gasteiger partial charge in [-0.1, -0.05) is 6.07 Å². The van der Waals surface area contributed by atoms with Gasteiger partial charge in [-0.2, -0.15) is 0 Å². The van der Waals surface area contributed by atoms with Gasteiger partial charge in [0.1, 0.15) is 6.61 Å². The Labute approximate surface area is 150 Å². The highest BCUT2D eigenvalue weighted by Gasteiger charge is 2.24. The van der Waals surface area contributed by atoms with Crippen LogP contribution < -0.4 is 14.2 Å². The second kappa shape index (κ2) is 7.35. The van der Waals surface area contributed by atoms with Crippen LogP contribution in [0.1, 0.15) is 22.8 Å². The van der Waals surface area contributed by atoms with Crippen molar-refractivity contribution in [1.82, 2.24) is 0 Å². The van der Waals surface area contributed by atoms with E-state index in [1.54, 1.807) is 24.3 Å². The number of rotatable bonds is 7. The molecule has 1 N–H and O–H groups in total. The molecule has 0 spiro atoms. The van der Waals surface area contributed by atoms with Crippen molar-refractivity contribution in [2.75, 3.05) is 20.3 Å². The average Bonchev–Trinajstić information content (AvgIpc) is 3.00. The normalized spacial score (nSPS) is 12.3. The van der Waals surface area contributed by atoms with Crippen LogP contribution in [0.3, 0.4) is 0 Å². The van der Waals surface area contributed by atoms with Crippen molar-refractivity contribution in [3.63, 3.8) is 0 Å². The third-order valence-electron chi connectivity index (χ3n) is 3.92. The summed E-state index contributed by atoms with van der Waals surface area (Å²) >= 11 is 0. The first kappa shape index (κ1) is 17.6. The molecule has 0 atom stereocenters. The standard InChI is InChI=1S/C19H18O7/c1-3-24-18-15(23-2)7-6-13(17(18)25-10-16(20)21)11-4-5-14-12(8-11)9-26-19(14)22/h4-8H,3,9-10H2,1-2H3,(H,20,21). The van der Waals surface area contributed by atoms with Crippen LogP contribution in [-0.4, -0.2) is 37.4 Å². The Kier molecular flexibility index (Phi) is 4.97. The lowest BCUT2D eigenvalue weighted by Crippen LogP contribution is -2.11. The molecule has 7 heteroatoms. The van der Waals surface area contributed by atoms with Crippen molar-refractivity contribution >= 4 is 11.9 Å². The van der Waals surface area contributed by atoms with E-state index < -0.39 is 12.6 Å². The zero-order valence-electron chi connectivity index (χ0n) is 14.4. The second-order valence-electron chi connectivity index (χ2n) is 5.54. The molecule has 1 heterocycles. The molecule has 0 fully saturated rings. The van der Waals surface area contributed by atoms with Crippen molar-refractivity contribution in [3.05, 3.63) is 41.5 Å². The van der Waals surface area contributed by atoms with E-state index in [0.29, 0.717) is 29.2 Å². The van der Waals surface area contributed by atoms with Crippen molar-refractivity contribution in [2.45, 2.75) is 13.5 Å². The third kappa shape index (κ3) is 3.28. The summed E-state index contributed by atoms with van der Waals surface area (Å²) in [5.74, 6) is -0.399. The van der Waals surface area contributed by atoms with Gasteiger partial charge in [-0.15, -0.1) is 0 Å². The molecule has 1 aliphatic rings. The number of methoxy groups -OCH3 is 1. The molecular weight excluding hydrogens is 340 g/mol. The van der Waals surface area contributed by atoms with E-state index in [-0.39, 0.29) is 18.3 Å². The monoisotopic (exact) mass is 358 g/mol. The highest BCUT2D eigenvalue weighted by molar-refractivity contribution is 5.94. The minimum Gasteiger partial charge on any atom is -0.493 e. The average molecular weight is 358 g/mol. The lowest BCUT2D eigenvalue weighted by atomic mass is 9.99. The number of carboxylic acids is 1. The molecule has 3 rings (SSSR count). The minimum absolute atomic E-state index is 0.210. The number of aliphatic carboxylic acids is 1. The fourth-order valence-electron chi connectivity index (χ4n) is 2.79. The number of carboxylic acid groups (broad SMARTS) is 1. The first-order valence-electron chi connectivity index (χ1n) is 8.04. The Balaban J connectivity index is 2.12. The predicted molar refractivity (Wildman–Crippen MR) is 91.8 cm³/mol. The molecule has 136 valence electrons. The number of benzene rings is 2. The van der Waals surface area contributed by atoms with Crippen molar-refractivity contribution in [3.8, 4) is 28.4 Å². The van der Waals surface area contributed by atoms with E-state index in [9.17, 15) is 9.59 Å². The first-order valence-corrected chi connectivity index (χ1v) is 8.04. The van der Waals surface area contributed by atoms with Gasteiger partial charge in [-0.25, -0.2) is 9.59 Å². The predicted octanol–water partition coefficient (Wildman–Crippen LogP) is 2.89. The second-order valence-corrected chi connectivity index (χ2v) is 5.54. The fourth-order valence-corrected chi connectivity index (χ4v) is 2.79. The highest BCUT2D eigenvalue weighted by atomic mass is 16.5. The Morgan fingerprint density at radius 2 is 1.92 bits per heavy atom. The van der Waals surface area contributed by atoms with Gasteiger partial charge in [0, 0.05) is 11.1 Å². The molecule has 0 saturated heterocycles. The summed E-state index contributed by atoms with van der Waals surface area (Å²) < 4.78 is 21.5. The number of carbonyl (C=O) groups excluding carboxylic acids is 1. The smallest absolute Gasteiger partial charge is 0.341 e. The summed E-state index contributed by atoms with van der Waals surface area (Å²) in [6.07, 6.45) is 0. The van der Waals surface area contributed by atoms with Gasteiger partial charge in [-0.3, -0.25) is 0 Å². The Morgan fingerprint density at radius 1 is 1.15 bits per heavy atom. The van der Waals surface area contributed by atoms with E-state index >= 15 is 0 Å². The van der Waals surface area contributed by atoms with Gasteiger partial charge >= 0.3 is 11.9 Å². The molecule has 0 aromatic heterocycles. The molecule has 7 nitrogen and oxygen atoms in total. The topological polar surface area (TPSA) is 91.3 Å². The van der Waals surface area contributed by atoms with Crippen molar-refractivity contribution < 1.29 is 33.6 Å². The van der Waals surface area contributed by atoms with Crippen LogP contribution in [0, 0.1) is 0 Å². The molecule has 26 heavy (non-hydrogen) atoms. The molecule has 2 aromatic rings. The third-order valence-corrected chi connectivity index (χ3v) is 3.92. The maximum absolute atomic E-state index is 11.6. The van der Waals surface area contributed by atoms with E-state index in [4.69, 9.17) is 24.1 Å². The van der Waals surface area contributed by atoms with E-state index in [0.717, 1.165) is 11.1 Å². The molecule has 2 aromatic carbocycles. The maximum atomic E-state index is 11.6. The summed E-state index contributed by atoms with van der Waals surface area (Å²) in [5.41, 5.74) is 2.69. The quantitative estimate of drug-likeness (QED) is 0.761. The zero-order valence-corrected chi connectivity index (χ0v) is 14.4. The Bertz CT molecular complexity index is 857. The molecule has 1 aliphatic heterocycles. The van der Waals surface area contributed by atoms with Crippen molar-refractivity contribution in [2.24, 2.45) is 0 Å². The minimum atomic E-state index is -1.10. The zero-order chi connectivity index (χ0) is 18.7. The van der Waals surface area contributed by atoms with Gasteiger partial charge in [0.25, 0.3) is 0 Å². The Morgan fingerprint density at radius 3 is 2.62 bits per heavy atom. The van der Waals surface area contributed by atoms with Gasteiger partial charge in [0.15, 0.2) is 18.1 Å². The number of hydrogen-bond donors (Lipinski definition) is 1. The van der Waals surface area contributed by atoms with Crippen molar-refractivity contribution in [1.29, 1.82) is 0 Å². The molecular formula is C19H18O7. The lowest BCUT2D eigenvalue weighted by Gasteiger charge is -2.18. The first-order chi connectivity index (χ1) is 12.5. The van der Waals surface area contributed by atoms with Gasteiger partial charge in [-0.05, 0) is 36.8 Å². The SMILES string of the molecule is CCOc1c(OC)ccc(-c2ccc3c(c2)COC3=O)c1OCC(=O)O. The van der Waals surface area contributed by atoms with Crippen LogP contribution in [0.25, 0.3) is 11.1 Å². The van der Waals surface area contributed by atoms with Crippen LogP contribution in [0.5, 0.6) is 17.2 Å². The summed E-state index contributed by atoms with van der Waals surface area (Å²) in [6, 6.07) is 8.76. The number of hydrogen-bond acceptors (Lipinski definition) is 6. The number of cyclic esters (lactones) is 1.